The van der Waals surface area contributed by atoms with Gasteiger partial charge in [-0.05, 0) is 20.8 Å². The summed E-state index contributed by atoms with van der Waals surface area (Å²) >= 11 is 0. The van der Waals surface area contributed by atoms with Gasteiger partial charge in [0.25, 0.3) is 0 Å². The molecule has 0 aliphatic rings. The zero-order valence-corrected chi connectivity index (χ0v) is 18.6. The number of ketones is 3. The first kappa shape index (κ1) is 27.6. The Morgan fingerprint density at radius 2 is 0.677 bits per heavy atom. The maximum Gasteiger partial charge on any atom is 3.00 e. The van der Waals surface area contributed by atoms with Crippen molar-refractivity contribution in [3.8, 4) is 17.2 Å². The van der Waals surface area contributed by atoms with Gasteiger partial charge in [0.1, 0.15) is 0 Å². The van der Waals surface area contributed by atoms with Crippen molar-refractivity contribution in [3.05, 3.63) is 89.5 Å². The van der Waals surface area contributed by atoms with E-state index in [0.717, 1.165) is 0 Å². The number of Topliss-reactive ketones (excluding diaryl/α,β-unsaturated/α-hetero) is 3. The van der Waals surface area contributed by atoms with Crippen molar-refractivity contribution in [2.24, 2.45) is 0 Å². The van der Waals surface area contributed by atoms with Crippen molar-refractivity contribution >= 4 is 17.3 Å². The van der Waals surface area contributed by atoms with Crippen LogP contribution in [0.3, 0.4) is 0 Å². The summed E-state index contributed by atoms with van der Waals surface area (Å²) in [5.74, 6) is -1.12. The van der Waals surface area contributed by atoms with Crippen LogP contribution >= 0.6 is 0 Å². The van der Waals surface area contributed by atoms with Crippen LogP contribution in [-0.2, 0) is 17.4 Å². The first-order valence-corrected chi connectivity index (χ1v) is 8.96. The molecule has 0 unspecified atom stereocenters. The monoisotopic (exact) mass is 457 g/mol. The van der Waals surface area contributed by atoms with Gasteiger partial charge in [-0.3, -0.25) is 14.4 Å². The summed E-state index contributed by atoms with van der Waals surface area (Å²) in [5.41, 5.74) is 0.799. The van der Waals surface area contributed by atoms with E-state index < -0.39 is 0 Å². The van der Waals surface area contributed by atoms with Crippen LogP contribution in [0.2, 0.25) is 0 Å². The molecule has 7 heteroatoms. The first-order chi connectivity index (χ1) is 14.1. The Hall–Kier alpha value is -3.40. The Kier molecular flexibility index (Phi) is 12.2. The van der Waals surface area contributed by atoms with Crippen LogP contribution in [-0.4, -0.2) is 17.3 Å². The third kappa shape index (κ3) is 9.30. The molecule has 0 amide bonds. The number of benzene rings is 3. The smallest absolute Gasteiger partial charge is 0.872 e. The molecule has 0 fully saturated rings. The molecule has 0 atom stereocenters. The standard InChI is InChI=1S/3C8H8O2.Cr/c3*1-6(9)7-4-2-3-5-8(7)10;/h3*2-5,10H,1H3;/q;;;+3/p-3. The van der Waals surface area contributed by atoms with Gasteiger partial charge in [-0.15, -0.1) is 0 Å². The predicted octanol–water partition coefficient (Wildman–Crippen LogP) is 2.89. The largest absolute Gasteiger partial charge is 3.00 e. The van der Waals surface area contributed by atoms with Crippen molar-refractivity contribution in [2.75, 3.05) is 0 Å². The molecule has 3 rings (SSSR count). The van der Waals surface area contributed by atoms with Gasteiger partial charge in [-0.1, -0.05) is 90.0 Å². The van der Waals surface area contributed by atoms with Crippen molar-refractivity contribution in [3.63, 3.8) is 0 Å². The van der Waals surface area contributed by atoms with E-state index >= 15 is 0 Å². The second kappa shape index (κ2) is 13.8. The molecule has 0 heterocycles. The predicted molar refractivity (Wildman–Crippen MR) is 108 cm³/mol. The van der Waals surface area contributed by atoms with Crippen LogP contribution in [0.5, 0.6) is 17.2 Å². The summed E-state index contributed by atoms with van der Waals surface area (Å²) in [4.78, 5) is 32.0. The summed E-state index contributed by atoms with van der Waals surface area (Å²) in [6, 6.07) is 18.6. The quantitative estimate of drug-likeness (QED) is 0.558. The molecule has 159 valence electrons. The topological polar surface area (TPSA) is 120 Å². The molecule has 6 nitrogen and oxygen atoms in total. The average Bonchev–Trinajstić information content (AvgIpc) is 2.69. The molecule has 0 saturated heterocycles. The number of hydrogen-bond donors (Lipinski definition) is 0. The zero-order chi connectivity index (χ0) is 22.7. The molecule has 0 N–H and O–H groups in total. The summed E-state index contributed by atoms with van der Waals surface area (Å²) in [5, 5.41) is 32.5. The van der Waals surface area contributed by atoms with E-state index in [9.17, 15) is 29.7 Å². The molecule has 0 bridgehead atoms. The summed E-state index contributed by atoms with van der Waals surface area (Å²) in [6.45, 7) is 4.16. The van der Waals surface area contributed by atoms with Gasteiger partial charge in [0, 0.05) is 16.7 Å². The second-order valence-corrected chi connectivity index (χ2v) is 6.16. The van der Waals surface area contributed by atoms with Crippen molar-refractivity contribution in [1.29, 1.82) is 0 Å². The Labute approximate surface area is 191 Å². The fourth-order valence-corrected chi connectivity index (χ4v) is 2.27. The maximum atomic E-state index is 10.8. The van der Waals surface area contributed by atoms with E-state index in [1.54, 1.807) is 36.4 Å². The summed E-state index contributed by atoms with van der Waals surface area (Å²) in [7, 11) is 0. The fourth-order valence-electron chi connectivity index (χ4n) is 2.27. The fraction of sp³-hybridized carbons (Fsp3) is 0.125. The molecule has 0 saturated carbocycles. The van der Waals surface area contributed by atoms with Gasteiger partial charge >= 0.3 is 17.4 Å². The van der Waals surface area contributed by atoms with Crippen LogP contribution in [0.4, 0.5) is 0 Å². The normalized spacial score (nSPS) is 9.00. The van der Waals surface area contributed by atoms with Gasteiger partial charge in [-0.2, -0.15) is 0 Å². The molecule has 31 heavy (non-hydrogen) atoms. The Morgan fingerprint density at radius 3 is 0.806 bits per heavy atom. The number of rotatable bonds is 3. The van der Waals surface area contributed by atoms with E-state index in [4.69, 9.17) is 0 Å². The molecule has 1 radical (unpaired) electrons. The van der Waals surface area contributed by atoms with Crippen molar-refractivity contribution in [2.45, 2.75) is 20.8 Å². The molecule has 3 aromatic carbocycles. The zero-order valence-electron chi connectivity index (χ0n) is 17.3. The van der Waals surface area contributed by atoms with E-state index in [0.29, 0.717) is 0 Å². The van der Waals surface area contributed by atoms with Crippen molar-refractivity contribution in [1.82, 2.24) is 0 Å². The van der Waals surface area contributed by atoms with Crippen LogP contribution < -0.4 is 15.3 Å². The molecule has 0 aromatic heterocycles. The van der Waals surface area contributed by atoms with Gasteiger partial charge in [-0.25, -0.2) is 0 Å². The molecule has 3 aromatic rings. The molecular formula is C24H21CrO6. The van der Waals surface area contributed by atoms with Crippen LogP contribution in [0.15, 0.2) is 72.8 Å². The van der Waals surface area contributed by atoms with Crippen LogP contribution in [0.1, 0.15) is 51.8 Å². The summed E-state index contributed by atoms with van der Waals surface area (Å²) in [6.07, 6.45) is 0. The van der Waals surface area contributed by atoms with Crippen LogP contribution in [0, 0.1) is 0 Å². The molecule has 0 aliphatic heterocycles. The molecule has 0 aliphatic carbocycles. The molecular weight excluding hydrogens is 436 g/mol. The molecule has 0 spiro atoms. The minimum Gasteiger partial charge on any atom is -0.872 e. The number of hydrogen-bond acceptors (Lipinski definition) is 6. The Bertz CT molecular complexity index is 898. The van der Waals surface area contributed by atoms with Crippen molar-refractivity contribution < 1.29 is 47.1 Å². The minimum absolute atomic E-state index is 0. The second-order valence-electron chi connectivity index (χ2n) is 6.16. The number of carbonyl (C=O) groups excluding carboxylic acids is 3. The Balaban J connectivity index is 0.000000429. The minimum atomic E-state index is -0.199. The van der Waals surface area contributed by atoms with Crippen LogP contribution in [0.25, 0.3) is 0 Å². The van der Waals surface area contributed by atoms with E-state index in [2.05, 4.69) is 0 Å². The van der Waals surface area contributed by atoms with E-state index in [1.165, 1.54) is 57.2 Å². The number of carbonyl (C=O) groups is 3. The SMILES string of the molecule is CC(=O)c1ccccc1[O-].CC(=O)c1ccccc1[O-].CC(=O)c1ccccc1[O-].[Cr+3]. The van der Waals surface area contributed by atoms with Gasteiger partial charge in [0.2, 0.25) is 0 Å². The van der Waals surface area contributed by atoms with E-state index in [-0.39, 0.29) is 68.6 Å². The summed E-state index contributed by atoms with van der Waals surface area (Å²) < 4.78 is 0. The third-order valence-corrected chi connectivity index (χ3v) is 3.80. The Morgan fingerprint density at radius 1 is 0.484 bits per heavy atom. The maximum absolute atomic E-state index is 10.8. The first-order valence-electron chi connectivity index (χ1n) is 8.96. The third-order valence-electron chi connectivity index (χ3n) is 3.80. The van der Waals surface area contributed by atoms with Gasteiger partial charge < -0.3 is 15.3 Å². The van der Waals surface area contributed by atoms with Gasteiger partial charge in [0.05, 0.1) is 0 Å². The number of para-hydroxylation sites is 3. The average molecular weight is 457 g/mol. The van der Waals surface area contributed by atoms with E-state index in [1.807, 2.05) is 0 Å². The van der Waals surface area contributed by atoms with Gasteiger partial charge in [0.15, 0.2) is 17.3 Å².